The number of aromatic nitrogens is 2. The maximum Gasteiger partial charge on any atom is 0.407 e. The maximum absolute atomic E-state index is 10.9. The lowest BCUT2D eigenvalue weighted by atomic mass is 10.2. The Morgan fingerprint density at radius 3 is 2.81 bits per heavy atom. The third-order valence-electron chi connectivity index (χ3n) is 2.11. The summed E-state index contributed by atoms with van der Waals surface area (Å²) in [6.45, 7) is 0.228. The van der Waals surface area contributed by atoms with Crippen LogP contribution in [0.1, 0.15) is 5.56 Å². The summed E-state index contributed by atoms with van der Waals surface area (Å²) in [5.74, 6) is 0. The van der Waals surface area contributed by atoms with E-state index >= 15 is 0 Å². The third-order valence-corrected chi connectivity index (χ3v) is 2.11. The zero-order valence-corrected chi connectivity index (χ0v) is 8.80. The highest BCUT2D eigenvalue weighted by atomic mass is 16.5. The molecule has 0 aliphatic rings. The number of amides is 1. The molecular formula is C11H11N3O2. The van der Waals surface area contributed by atoms with Gasteiger partial charge in [0.15, 0.2) is 0 Å². The van der Waals surface area contributed by atoms with E-state index in [1.165, 1.54) is 7.05 Å². The predicted molar refractivity (Wildman–Crippen MR) is 58.8 cm³/mol. The highest BCUT2D eigenvalue weighted by Gasteiger charge is 2.01. The minimum Gasteiger partial charge on any atom is -0.445 e. The van der Waals surface area contributed by atoms with Crippen molar-refractivity contribution in [2.45, 2.75) is 6.61 Å². The zero-order chi connectivity index (χ0) is 11.4. The van der Waals surface area contributed by atoms with Crippen LogP contribution in [0.2, 0.25) is 0 Å². The standard InChI is InChI=1S/C11H11N3O2/c1-12-11(15)16-7-8-2-3-9-10(6-8)14-5-4-13-9/h2-6H,7H2,1H3,(H,12,15). The molecule has 0 saturated heterocycles. The van der Waals surface area contributed by atoms with E-state index in [0.717, 1.165) is 16.6 Å². The number of nitrogens with zero attached hydrogens (tertiary/aromatic N) is 2. The predicted octanol–water partition coefficient (Wildman–Crippen LogP) is 1.49. The van der Waals surface area contributed by atoms with Gasteiger partial charge in [0.25, 0.3) is 0 Å². The number of alkyl carbamates (subject to hydrolysis) is 1. The second-order valence-corrected chi connectivity index (χ2v) is 3.21. The van der Waals surface area contributed by atoms with Crippen molar-refractivity contribution < 1.29 is 9.53 Å². The average Bonchev–Trinajstić information content (AvgIpc) is 2.35. The number of rotatable bonds is 2. The van der Waals surface area contributed by atoms with E-state index in [2.05, 4.69) is 15.3 Å². The fourth-order valence-electron chi connectivity index (χ4n) is 1.32. The van der Waals surface area contributed by atoms with Crippen LogP contribution in [0, 0.1) is 0 Å². The fourth-order valence-corrected chi connectivity index (χ4v) is 1.32. The van der Waals surface area contributed by atoms with Crippen LogP contribution >= 0.6 is 0 Å². The highest BCUT2D eigenvalue weighted by molar-refractivity contribution is 5.74. The van der Waals surface area contributed by atoms with E-state index in [9.17, 15) is 4.79 Å². The van der Waals surface area contributed by atoms with E-state index in [1.807, 2.05) is 18.2 Å². The van der Waals surface area contributed by atoms with Crippen molar-refractivity contribution in [1.29, 1.82) is 0 Å². The first-order chi connectivity index (χ1) is 7.79. The summed E-state index contributed by atoms with van der Waals surface area (Å²) in [6, 6.07) is 5.57. The quantitative estimate of drug-likeness (QED) is 0.827. The van der Waals surface area contributed by atoms with Gasteiger partial charge >= 0.3 is 6.09 Å². The molecule has 0 radical (unpaired) electrons. The first-order valence-corrected chi connectivity index (χ1v) is 4.84. The Morgan fingerprint density at radius 2 is 2.06 bits per heavy atom. The van der Waals surface area contributed by atoms with Gasteiger partial charge in [0, 0.05) is 19.4 Å². The van der Waals surface area contributed by atoms with Gasteiger partial charge in [-0.3, -0.25) is 9.97 Å². The van der Waals surface area contributed by atoms with Gasteiger partial charge in [0.1, 0.15) is 6.61 Å². The van der Waals surface area contributed by atoms with Gasteiger partial charge in [0.05, 0.1) is 11.0 Å². The zero-order valence-electron chi connectivity index (χ0n) is 8.80. The molecule has 0 bridgehead atoms. The molecule has 1 amide bonds. The number of hydrogen-bond donors (Lipinski definition) is 1. The van der Waals surface area contributed by atoms with Gasteiger partial charge in [-0.25, -0.2) is 4.79 Å². The summed E-state index contributed by atoms with van der Waals surface area (Å²) in [5.41, 5.74) is 2.50. The minimum absolute atomic E-state index is 0.228. The van der Waals surface area contributed by atoms with E-state index in [1.54, 1.807) is 12.4 Å². The average molecular weight is 217 g/mol. The van der Waals surface area contributed by atoms with Gasteiger partial charge in [-0.05, 0) is 17.7 Å². The molecule has 0 aliphatic heterocycles. The lowest BCUT2D eigenvalue weighted by Crippen LogP contribution is -2.18. The van der Waals surface area contributed by atoms with E-state index in [0.29, 0.717) is 0 Å². The van der Waals surface area contributed by atoms with Crippen molar-refractivity contribution >= 4 is 17.1 Å². The van der Waals surface area contributed by atoms with Crippen LogP contribution in [0.3, 0.4) is 0 Å². The monoisotopic (exact) mass is 217 g/mol. The summed E-state index contributed by atoms with van der Waals surface area (Å²) in [7, 11) is 1.52. The Hall–Kier alpha value is -2.17. The number of nitrogens with one attached hydrogen (secondary N) is 1. The topological polar surface area (TPSA) is 64.1 Å². The van der Waals surface area contributed by atoms with Gasteiger partial charge in [-0.15, -0.1) is 0 Å². The number of fused-ring (bicyclic) bond motifs is 1. The number of ether oxygens (including phenoxy) is 1. The molecule has 82 valence electrons. The number of carbonyl (C=O) groups is 1. The van der Waals surface area contributed by atoms with Crippen molar-refractivity contribution in [1.82, 2.24) is 15.3 Å². The molecular weight excluding hydrogens is 206 g/mol. The molecule has 0 fully saturated rings. The van der Waals surface area contributed by atoms with Crippen LogP contribution in [0.5, 0.6) is 0 Å². The summed E-state index contributed by atoms with van der Waals surface area (Å²) in [5, 5.41) is 2.38. The molecule has 0 atom stereocenters. The number of benzene rings is 1. The molecule has 5 heteroatoms. The van der Waals surface area contributed by atoms with Crippen LogP contribution in [-0.2, 0) is 11.3 Å². The van der Waals surface area contributed by atoms with Crippen molar-refractivity contribution in [3.05, 3.63) is 36.2 Å². The Kier molecular flexibility index (Phi) is 2.95. The first kappa shape index (κ1) is 10.4. The molecule has 0 aliphatic carbocycles. The molecule has 1 heterocycles. The molecule has 0 spiro atoms. The second kappa shape index (κ2) is 4.57. The molecule has 1 aromatic carbocycles. The second-order valence-electron chi connectivity index (χ2n) is 3.21. The van der Waals surface area contributed by atoms with E-state index in [4.69, 9.17) is 4.74 Å². The molecule has 5 nitrogen and oxygen atoms in total. The van der Waals surface area contributed by atoms with E-state index in [-0.39, 0.29) is 6.61 Å². The molecule has 2 rings (SSSR count). The highest BCUT2D eigenvalue weighted by Crippen LogP contribution is 2.11. The Labute approximate surface area is 92.5 Å². The molecule has 0 unspecified atom stereocenters. The molecule has 1 N–H and O–H groups in total. The lowest BCUT2D eigenvalue weighted by Gasteiger charge is -2.04. The largest absolute Gasteiger partial charge is 0.445 e. The Balaban J connectivity index is 2.16. The molecule has 16 heavy (non-hydrogen) atoms. The van der Waals surface area contributed by atoms with Crippen LogP contribution < -0.4 is 5.32 Å². The number of hydrogen-bond acceptors (Lipinski definition) is 4. The molecule has 0 saturated carbocycles. The summed E-state index contributed by atoms with van der Waals surface area (Å²) >= 11 is 0. The van der Waals surface area contributed by atoms with Crippen molar-refractivity contribution in [3.8, 4) is 0 Å². The van der Waals surface area contributed by atoms with E-state index < -0.39 is 6.09 Å². The van der Waals surface area contributed by atoms with Gasteiger partial charge < -0.3 is 10.1 Å². The molecule has 2 aromatic rings. The molecule has 1 aromatic heterocycles. The summed E-state index contributed by atoms with van der Waals surface area (Å²) < 4.78 is 4.93. The summed E-state index contributed by atoms with van der Waals surface area (Å²) in [4.78, 5) is 19.2. The fraction of sp³-hybridized carbons (Fsp3) is 0.182. The van der Waals surface area contributed by atoms with Crippen molar-refractivity contribution in [2.24, 2.45) is 0 Å². The van der Waals surface area contributed by atoms with Gasteiger partial charge in [-0.1, -0.05) is 6.07 Å². The minimum atomic E-state index is -0.445. The van der Waals surface area contributed by atoms with Crippen LogP contribution in [0.4, 0.5) is 4.79 Å². The normalized spacial score (nSPS) is 10.1. The third kappa shape index (κ3) is 2.25. The summed E-state index contributed by atoms with van der Waals surface area (Å²) in [6.07, 6.45) is 2.83. The van der Waals surface area contributed by atoms with Gasteiger partial charge in [-0.2, -0.15) is 0 Å². The maximum atomic E-state index is 10.9. The number of carbonyl (C=O) groups excluding carboxylic acids is 1. The van der Waals surface area contributed by atoms with Crippen LogP contribution in [-0.4, -0.2) is 23.1 Å². The van der Waals surface area contributed by atoms with Crippen molar-refractivity contribution in [2.75, 3.05) is 7.05 Å². The SMILES string of the molecule is CNC(=O)OCc1ccc2nccnc2c1. The Morgan fingerprint density at radius 1 is 1.31 bits per heavy atom. The lowest BCUT2D eigenvalue weighted by molar-refractivity contribution is 0.142. The smallest absolute Gasteiger partial charge is 0.407 e. The van der Waals surface area contributed by atoms with Crippen molar-refractivity contribution in [3.63, 3.8) is 0 Å². The first-order valence-electron chi connectivity index (χ1n) is 4.84. The van der Waals surface area contributed by atoms with Gasteiger partial charge in [0.2, 0.25) is 0 Å². The van der Waals surface area contributed by atoms with Crippen LogP contribution in [0.15, 0.2) is 30.6 Å². The Bertz CT molecular complexity index is 513. The van der Waals surface area contributed by atoms with Crippen LogP contribution in [0.25, 0.3) is 11.0 Å².